The van der Waals surface area contributed by atoms with Crippen LogP contribution in [0.1, 0.15) is 0 Å². The first-order valence-electron chi connectivity index (χ1n) is 5.71. The Morgan fingerprint density at radius 2 is 1.00 bits per heavy atom. The second-order valence-electron chi connectivity index (χ2n) is 3.64. The van der Waals surface area contributed by atoms with Gasteiger partial charge in [-0.05, 0) is 0 Å². The Hall–Kier alpha value is -0.108. The van der Waals surface area contributed by atoms with Crippen LogP contribution in [0.15, 0.2) is 0 Å². The summed E-state index contributed by atoms with van der Waals surface area (Å²) in [6.07, 6.45) is 0. The second kappa shape index (κ2) is 11.0. The van der Waals surface area contributed by atoms with E-state index in [1.54, 1.807) is 0 Å². The van der Waals surface area contributed by atoms with Crippen molar-refractivity contribution in [3.05, 3.63) is 0 Å². The molecule has 0 aromatic rings. The van der Waals surface area contributed by atoms with Crippen LogP contribution >= 0.6 is 0 Å². The molecule has 17 heavy (non-hydrogen) atoms. The molecule has 9 heteroatoms. The number of piperazine rings is 2. The van der Waals surface area contributed by atoms with Crippen LogP contribution in [-0.2, 0) is 21.2 Å². The average Bonchev–Trinajstić information content (AvgIpc) is 2.32. The maximum absolute atomic E-state index is 8.59. The van der Waals surface area contributed by atoms with Crippen LogP contribution in [0.5, 0.6) is 0 Å². The molecule has 0 aliphatic carbocycles. The molecule has 0 aromatic heterocycles. The number of nitrogens with one attached hydrogen (secondary N) is 2. The van der Waals surface area contributed by atoms with Crippen molar-refractivity contribution < 1.29 is 40.2 Å². The van der Waals surface area contributed by atoms with Crippen LogP contribution < -0.4 is 29.6 Å². The molecule has 6 N–H and O–H groups in total. The molecule has 0 spiro atoms. The molecule has 0 amide bonds. The van der Waals surface area contributed by atoms with Crippen molar-refractivity contribution in [3.8, 4) is 0 Å². The van der Waals surface area contributed by atoms with Gasteiger partial charge < -0.3 is 21.3 Å². The number of hydrogen-bond acceptors (Lipinski definition) is 6. The molecule has 104 valence electrons. The molecule has 2 saturated heterocycles. The van der Waals surface area contributed by atoms with E-state index in [4.69, 9.17) is 15.9 Å². The van der Waals surface area contributed by atoms with Crippen molar-refractivity contribution in [2.75, 3.05) is 52.4 Å². The Bertz CT molecular complexity index is 209. The number of hydrogen-bond donors (Lipinski definition) is 4. The maximum atomic E-state index is 8.59. The van der Waals surface area contributed by atoms with E-state index in [0.717, 1.165) is 0 Å². The molecule has 0 aromatic carbocycles. The van der Waals surface area contributed by atoms with Gasteiger partial charge in [0.05, 0.1) is 26.2 Å². The molecular formula is C8H22CrN4O4. The summed E-state index contributed by atoms with van der Waals surface area (Å²) in [6, 6.07) is 0. The van der Waals surface area contributed by atoms with Crippen molar-refractivity contribution in [2.45, 2.75) is 0 Å². The molecule has 0 unspecified atom stereocenters. The fourth-order valence-corrected chi connectivity index (χ4v) is 1.36. The minimum atomic E-state index is -5.75. The van der Waals surface area contributed by atoms with Gasteiger partial charge >= 0.3 is 29.5 Å². The first-order chi connectivity index (χ1) is 8.00. The molecule has 2 rings (SSSR count). The predicted molar refractivity (Wildman–Crippen MR) is 50.4 cm³/mol. The normalized spacial score (nSPS) is 20.4. The zero-order valence-corrected chi connectivity index (χ0v) is 11.1. The van der Waals surface area contributed by atoms with E-state index < -0.39 is 13.6 Å². The summed E-state index contributed by atoms with van der Waals surface area (Å²) in [6.45, 7) is 9.83. The van der Waals surface area contributed by atoms with Gasteiger partial charge in [-0.1, -0.05) is 0 Å². The van der Waals surface area contributed by atoms with Gasteiger partial charge in [0.15, 0.2) is 0 Å². The monoisotopic (exact) mass is 290 g/mol. The third-order valence-corrected chi connectivity index (χ3v) is 2.10. The van der Waals surface area contributed by atoms with Crippen molar-refractivity contribution in [2.24, 2.45) is 0 Å². The van der Waals surface area contributed by atoms with Crippen LogP contribution in [0.4, 0.5) is 0 Å². The Morgan fingerprint density at radius 3 is 1.06 bits per heavy atom. The van der Waals surface area contributed by atoms with E-state index in [-0.39, 0.29) is 0 Å². The molecular weight excluding hydrogens is 268 g/mol. The Balaban J connectivity index is 0.000000228. The summed E-state index contributed by atoms with van der Waals surface area (Å²) in [4.78, 5) is 0. The molecule has 0 bridgehead atoms. The summed E-state index contributed by atoms with van der Waals surface area (Å²) < 4.78 is 34.4. The van der Waals surface area contributed by atoms with Crippen LogP contribution in [0, 0.1) is 0 Å². The third-order valence-electron chi connectivity index (χ3n) is 2.10. The fourth-order valence-electron chi connectivity index (χ4n) is 1.36. The molecule has 2 fully saturated rings. The van der Waals surface area contributed by atoms with Gasteiger partial charge in [-0.15, -0.1) is 0 Å². The SMILES string of the molecule is C1C[NH2+]CCN1.C1C[NH2+]CCN1.[O]=[Cr](=[O])([O-])[O-]. The van der Waals surface area contributed by atoms with Gasteiger partial charge in [0, 0.05) is 26.2 Å². The summed E-state index contributed by atoms with van der Waals surface area (Å²) in [5.74, 6) is 0. The quantitative estimate of drug-likeness (QED) is 0.350. The second-order valence-corrected chi connectivity index (χ2v) is 4.92. The van der Waals surface area contributed by atoms with E-state index in [1.807, 2.05) is 0 Å². The third kappa shape index (κ3) is 21.7. The minimum absolute atomic E-state index is 1.19. The molecule has 2 aliphatic rings. The van der Waals surface area contributed by atoms with E-state index in [9.17, 15) is 0 Å². The number of quaternary nitrogens is 2. The average molecular weight is 290 g/mol. The number of nitrogens with two attached hydrogens (primary N) is 2. The van der Waals surface area contributed by atoms with E-state index in [0.29, 0.717) is 0 Å². The van der Waals surface area contributed by atoms with Crippen molar-refractivity contribution >= 4 is 0 Å². The van der Waals surface area contributed by atoms with E-state index in [1.165, 1.54) is 52.4 Å². The first-order valence-corrected chi connectivity index (χ1v) is 7.80. The topological polar surface area (TPSA) is 138 Å². The number of rotatable bonds is 0. The van der Waals surface area contributed by atoms with Gasteiger partial charge in [-0.25, -0.2) is 0 Å². The van der Waals surface area contributed by atoms with Crippen LogP contribution in [0.25, 0.3) is 0 Å². The Labute approximate surface area is 104 Å². The summed E-state index contributed by atoms with van der Waals surface area (Å²) in [5.41, 5.74) is 0. The van der Waals surface area contributed by atoms with Crippen LogP contribution in [0.2, 0.25) is 0 Å². The molecule has 2 heterocycles. The Morgan fingerprint density at radius 1 is 0.765 bits per heavy atom. The summed E-state index contributed by atoms with van der Waals surface area (Å²) in [7, 11) is 0. The van der Waals surface area contributed by atoms with Gasteiger partial charge in [0.25, 0.3) is 0 Å². The van der Waals surface area contributed by atoms with E-state index >= 15 is 0 Å². The van der Waals surface area contributed by atoms with Gasteiger partial charge in [0.2, 0.25) is 0 Å². The van der Waals surface area contributed by atoms with E-state index in [2.05, 4.69) is 21.3 Å². The summed E-state index contributed by atoms with van der Waals surface area (Å²) >= 11 is -5.75. The van der Waals surface area contributed by atoms with Gasteiger partial charge in [0.1, 0.15) is 0 Å². The van der Waals surface area contributed by atoms with Crippen molar-refractivity contribution in [3.63, 3.8) is 0 Å². The molecule has 0 atom stereocenters. The van der Waals surface area contributed by atoms with Crippen LogP contribution in [0.3, 0.4) is 0 Å². The molecule has 8 nitrogen and oxygen atoms in total. The zero-order chi connectivity index (χ0) is 13.0. The van der Waals surface area contributed by atoms with Crippen molar-refractivity contribution in [1.29, 1.82) is 0 Å². The standard InChI is InChI=1S/2C4H10N2.Cr.4O/c2*1-2-6-4-3-5-1;;;;;/h2*5-6H,1-4H2;;;;;/q;;;;;2*-1/p+2. The van der Waals surface area contributed by atoms with Gasteiger partial charge in [-0.2, -0.15) is 0 Å². The molecule has 0 radical (unpaired) electrons. The first kappa shape index (κ1) is 16.9. The van der Waals surface area contributed by atoms with Crippen molar-refractivity contribution in [1.82, 2.24) is 10.6 Å². The zero-order valence-electron chi connectivity index (χ0n) is 9.85. The fraction of sp³-hybridized carbons (Fsp3) is 1.00. The van der Waals surface area contributed by atoms with Gasteiger partial charge in [-0.3, -0.25) is 0 Å². The molecule has 2 aliphatic heterocycles. The molecule has 0 saturated carbocycles. The Kier molecular flexibility index (Phi) is 10.9. The summed E-state index contributed by atoms with van der Waals surface area (Å²) in [5, 5.41) is 11.2. The predicted octanol–water partition coefficient (Wildman–Crippen LogP) is -6.31. The van der Waals surface area contributed by atoms with Crippen LogP contribution in [-0.4, -0.2) is 52.4 Å².